The molecule has 0 spiro atoms. The second-order valence-corrected chi connectivity index (χ2v) is 36.1. The van der Waals surface area contributed by atoms with E-state index in [0.29, 0.717) is 0 Å². The molecule has 610 valence electrons. The van der Waals surface area contributed by atoms with Gasteiger partial charge in [0.15, 0.2) is 0 Å². The van der Waals surface area contributed by atoms with E-state index in [1.807, 2.05) is 24.5 Å². The van der Waals surface area contributed by atoms with Gasteiger partial charge in [0, 0.05) is 104 Å². The van der Waals surface area contributed by atoms with Gasteiger partial charge in [0.2, 0.25) is 0 Å². The molecule has 0 fully saturated rings. The SMILES string of the molecule is Cc1c2c(nc3c1ccc1ccccc13)-c1ccc3ccccc3c1C2.Cc1c2c(nc3c1ccc1cccnc13)-c1ccc3ccccc3c1C2.Cc1c2c(nc3ccccc13)-c1ccc3ccc4ccccc4c3c1C2.Cc1cc2cccnc2c2c3c(ccc12)-c1c(ccc2ccccc12)C3.Cc1nc2ccccc2c2c1Cc1c-2ccc2ccc3ccccc3c12. The number of aromatic nitrogens is 6. The predicted molar refractivity (Wildman–Crippen MR) is 546 cm³/mol. The Bertz CT molecular complexity index is 9080. The fraction of sp³-hybridized carbons (Fsp3) is 0.0806. The lowest BCUT2D eigenvalue weighted by Gasteiger charge is -2.12. The number of benzene rings is 19. The van der Waals surface area contributed by atoms with Crippen LogP contribution in [0.15, 0.2) is 358 Å². The van der Waals surface area contributed by atoms with E-state index in [4.69, 9.17) is 24.9 Å². The lowest BCUT2D eigenvalue weighted by Crippen LogP contribution is -1.94. The minimum atomic E-state index is 0.959. The van der Waals surface area contributed by atoms with Crippen LogP contribution >= 0.6 is 0 Å². The Morgan fingerprint density at radius 1 is 0.200 bits per heavy atom. The first-order valence-electron chi connectivity index (χ1n) is 45.5. The molecule has 0 saturated heterocycles. The van der Waals surface area contributed by atoms with Crippen molar-refractivity contribution in [2.45, 2.75) is 66.7 Å². The van der Waals surface area contributed by atoms with Gasteiger partial charge >= 0.3 is 0 Å². The van der Waals surface area contributed by atoms with E-state index in [1.54, 1.807) is 0 Å². The molecule has 0 aliphatic heterocycles. The molecule has 19 aromatic carbocycles. The summed E-state index contributed by atoms with van der Waals surface area (Å²) in [6.07, 6.45) is 8.64. The number of hydrogen-bond donors (Lipinski definition) is 0. The first kappa shape index (κ1) is 75.3. The van der Waals surface area contributed by atoms with Gasteiger partial charge in [0.1, 0.15) is 0 Å². The van der Waals surface area contributed by atoms with Crippen LogP contribution in [0.4, 0.5) is 0 Å². The molecule has 0 unspecified atom stereocenters. The number of aryl methyl sites for hydroxylation is 5. The maximum Gasteiger partial charge on any atom is 0.0974 e. The van der Waals surface area contributed by atoms with Crippen molar-refractivity contribution in [1.29, 1.82) is 0 Å². The van der Waals surface area contributed by atoms with Gasteiger partial charge in [0.25, 0.3) is 0 Å². The molecule has 6 aromatic heterocycles. The Kier molecular flexibility index (Phi) is 17.1. The average Bonchev–Trinajstić information content (AvgIpc) is 1.59. The molecule has 6 nitrogen and oxygen atoms in total. The molecule has 0 amide bonds. The van der Waals surface area contributed by atoms with Crippen LogP contribution in [0.3, 0.4) is 0 Å². The van der Waals surface area contributed by atoms with Crippen LogP contribution in [0.25, 0.3) is 218 Å². The highest BCUT2D eigenvalue weighted by Crippen LogP contribution is 2.52. The van der Waals surface area contributed by atoms with Crippen molar-refractivity contribution in [2.24, 2.45) is 0 Å². The average molecular weight is 1660 g/mol. The zero-order valence-corrected chi connectivity index (χ0v) is 72.8. The highest BCUT2D eigenvalue weighted by molar-refractivity contribution is 6.18. The van der Waals surface area contributed by atoms with E-state index in [2.05, 4.69) is 373 Å². The second-order valence-electron chi connectivity index (χ2n) is 36.1. The number of pyridine rings is 6. The summed E-state index contributed by atoms with van der Waals surface area (Å²) in [5, 5.41) is 31.3. The molecule has 0 radical (unpaired) electrons. The minimum Gasteiger partial charge on any atom is -0.256 e. The number of fused-ring (bicyclic) bond motifs is 42. The van der Waals surface area contributed by atoms with E-state index < -0.39 is 0 Å². The third-order valence-electron chi connectivity index (χ3n) is 29.3. The van der Waals surface area contributed by atoms with Gasteiger partial charge in [0.05, 0.1) is 50.2 Å². The molecule has 130 heavy (non-hydrogen) atoms. The minimum absolute atomic E-state index is 0.959. The molecule has 6 heterocycles. The van der Waals surface area contributed by atoms with Gasteiger partial charge in [-0.05, 0) is 258 Å². The van der Waals surface area contributed by atoms with Gasteiger partial charge in [-0.1, -0.05) is 315 Å². The Labute approximate surface area is 751 Å². The predicted octanol–water partition coefficient (Wildman–Crippen LogP) is 31.5. The van der Waals surface area contributed by atoms with Gasteiger partial charge < -0.3 is 0 Å². The summed E-state index contributed by atoms with van der Waals surface area (Å²) in [5.74, 6) is 0. The summed E-state index contributed by atoms with van der Waals surface area (Å²) < 4.78 is 0. The molecule has 5 aliphatic carbocycles. The summed E-state index contributed by atoms with van der Waals surface area (Å²) in [5.41, 5.74) is 40.0. The van der Waals surface area contributed by atoms with Crippen LogP contribution < -0.4 is 0 Å². The number of hydrogen-bond acceptors (Lipinski definition) is 6. The summed E-state index contributed by atoms with van der Waals surface area (Å²) >= 11 is 0. The van der Waals surface area contributed by atoms with Crippen molar-refractivity contribution in [2.75, 3.05) is 0 Å². The number of nitrogens with zero attached hydrogens (tertiary/aromatic N) is 6. The molecule has 30 rings (SSSR count). The van der Waals surface area contributed by atoms with E-state index in [-0.39, 0.29) is 0 Å². The van der Waals surface area contributed by atoms with Crippen molar-refractivity contribution >= 4 is 162 Å². The zero-order chi connectivity index (χ0) is 86.3. The normalized spacial score (nSPS) is 12.7. The fourth-order valence-electron chi connectivity index (χ4n) is 23.0. The first-order valence-corrected chi connectivity index (χ1v) is 45.5. The van der Waals surface area contributed by atoms with Gasteiger partial charge in [-0.2, -0.15) is 0 Å². The van der Waals surface area contributed by atoms with E-state index >= 15 is 0 Å². The molecular formula is C124H84N6. The summed E-state index contributed by atoms with van der Waals surface area (Å²) in [6, 6.07) is 125. The lowest BCUT2D eigenvalue weighted by molar-refractivity contribution is 1.15. The standard InChI is InChI=1S/4C25H17N.C24H16N2/c1-15-18-12-10-17-7-3-5-9-20(17)24(18)26-25-21-13-11-16-6-2-4-8-19(16)23(21)14-22(15)25;1-15-18-7-4-5-9-23(18)26-25-20-13-12-17-11-10-16-6-2-3-8-19(16)24(17)22(20)14-21(15)25;1-15-21-14-22-19(25(21)20-8-4-5-9-23(20)26-15)13-12-17-11-10-16-6-2-3-7-18(16)24(17)22;1-15-13-18-6-4-12-26-25(18)24-19(15)10-11-21-22(24)14-17-9-8-16-5-2-3-7-20(16)23(17)21;1-14-17-10-9-16-6-4-12-25-22(16)24(17)26-23-19-11-8-15-5-2-3-7-18(15)21(19)13-20(14)23/h4*2-13H,14H2,1H3;2-12H,13H2,1H3. The van der Waals surface area contributed by atoms with Crippen molar-refractivity contribution in [3.05, 3.63) is 442 Å². The topological polar surface area (TPSA) is 77.3 Å². The Morgan fingerprint density at radius 3 is 1.21 bits per heavy atom. The molecule has 6 heteroatoms. The van der Waals surface area contributed by atoms with Crippen molar-refractivity contribution < 1.29 is 0 Å². The van der Waals surface area contributed by atoms with E-state index in [1.165, 1.54) is 252 Å². The molecule has 5 aliphatic rings. The zero-order valence-electron chi connectivity index (χ0n) is 72.8. The van der Waals surface area contributed by atoms with Crippen LogP contribution in [-0.2, 0) is 32.1 Å². The van der Waals surface area contributed by atoms with Gasteiger partial charge in [-0.25, -0.2) is 15.0 Å². The third-order valence-corrected chi connectivity index (χ3v) is 29.3. The number of rotatable bonds is 0. The Morgan fingerprint density at radius 2 is 0.577 bits per heavy atom. The molecule has 0 saturated carbocycles. The largest absolute Gasteiger partial charge is 0.256 e. The van der Waals surface area contributed by atoms with E-state index in [9.17, 15) is 0 Å². The third kappa shape index (κ3) is 11.7. The molecule has 0 N–H and O–H groups in total. The van der Waals surface area contributed by atoms with Crippen LogP contribution in [0.2, 0.25) is 0 Å². The van der Waals surface area contributed by atoms with Crippen molar-refractivity contribution in [3.8, 4) is 56.0 Å². The smallest absolute Gasteiger partial charge is 0.0974 e. The summed E-state index contributed by atoms with van der Waals surface area (Å²) in [4.78, 5) is 29.6. The Hall–Kier alpha value is -16.0. The van der Waals surface area contributed by atoms with Gasteiger partial charge in [-0.3, -0.25) is 15.0 Å². The summed E-state index contributed by atoms with van der Waals surface area (Å²) in [6.45, 7) is 11.1. The van der Waals surface area contributed by atoms with Crippen molar-refractivity contribution in [3.63, 3.8) is 0 Å². The van der Waals surface area contributed by atoms with Crippen LogP contribution in [0, 0.1) is 34.6 Å². The first-order chi connectivity index (χ1) is 64.0. The fourth-order valence-corrected chi connectivity index (χ4v) is 23.0. The lowest BCUT2D eigenvalue weighted by atomic mass is 9.93. The molecule has 0 atom stereocenters. The van der Waals surface area contributed by atoms with E-state index in [0.717, 1.165) is 82.0 Å². The maximum absolute atomic E-state index is 5.19. The quantitative estimate of drug-likeness (QED) is 0.141. The van der Waals surface area contributed by atoms with Crippen molar-refractivity contribution in [1.82, 2.24) is 29.9 Å². The van der Waals surface area contributed by atoms with Crippen LogP contribution in [-0.4, -0.2) is 29.9 Å². The Balaban J connectivity index is 0.0000000856. The van der Waals surface area contributed by atoms with Gasteiger partial charge in [-0.15, -0.1) is 0 Å². The molecule has 25 aromatic rings. The second kappa shape index (κ2) is 29.5. The molecular weight excluding hydrogens is 1570 g/mol. The van der Waals surface area contributed by atoms with Crippen LogP contribution in [0.1, 0.15) is 83.6 Å². The highest BCUT2D eigenvalue weighted by Gasteiger charge is 2.32. The maximum atomic E-state index is 5.19. The number of para-hydroxylation sites is 2. The van der Waals surface area contributed by atoms with Crippen LogP contribution in [0.5, 0.6) is 0 Å². The molecule has 0 bridgehead atoms. The summed E-state index contributed by atoms with van der Waals surface area (Å²) in [7, 11) is 0. The monoisotopic (exact) mass is 1660 g/mol. The highest BCUT2D eigenvalue weighted by atomic mass is 14.8.